The number of thiophene rings is 1. The highest BCUT2D eigenvalue weighted by Crippen LogP contribution is 2.31. The molecule has 1 amide bonds. The van der Waals surface area contributed by atoms with Crippen LogP contribution in [0.3, 0.4) is 0 Å². The second kappa shape index (κ2) is 9.46. The van der Waals surface area contributed by atoms with Gasteiger partial charge in [-0.05, 0) is 48.9 Å². The fourth-order valence-electron chi connectivity index (χ4n) is 3.57. The maximum Gasteiger partial charge on any atom is 0.348 e. The van der Waals surface area contributed by atoms with Gasteiger partial charge in [0, 0.05) is 18.5 Å². The highest BCUT2D eigenvalue weighted by atomic mass is 32.1. The van der Waals surface area contributed by atoms with Gasteiger partial charge in [0.15, 0.2) is 5.13 Å². The first-order valence-corrected chi connectivity index (χ1v) is 11.7. The Labute approximate surface area is 187 Å². The van der Waals surface area contributed by atoms with E-state index in [0.717, 1.165) is 48.6 Å². The van der Waals surface area contributed by atoms with Gasteiger partial charge < -0.3 is 26.4 Å². The third-order valence-electron chi connectivity index (χ3n) is 5.28. The van der Waals surface area contributed by atoms with Gasteiger partial charge in [0.1, 0.15) is 10.6 Å². The van der Waals surface area contributed by atoms with Crippen molar-refractivity contribution in [2.45, 2.75) is 12.8 Å². The number of para-hydroxylation sites is 2. The summed E-state index contributed by atoms with van der Waals surface area (Å²) in [5.74, 6) is -0.750. The van der Waals surface area contributed by atoms with Crippen LogP contribution in [-0.4, -0.2) is 41.6 Å². The van der Waals surface area contributed by atoms with E-state index in [9.17, 15) is 14.7 Å². The minimum atomic E-state index is -1.00. The SMILES string of the molecule is NCC1CCN(c2ccccc2NC(=O)c2csc(Nc3ccsc3C(=O)O)n2)CC1. The molecule has 0 bridgehead atoms. The first-order chi connectivity index (χ1) is 15.0. The van der Waals surface area contributed by atoms with Gasteiger partial charge in [-0.25, -0.2) is 9.78 Å². The normalized spacial score (nSPS) is 14.4. The number of nitrogens with zero attached hydrogens (tertiary/aromatic N) is 2. The maximum atomic E-state index is 12.8. The molecule has 1 fully saturated rings. The van der Waals surface area contributed by atoms with Crippen LogP contribution >= 0.6 is 22.7 Å². The predicted molar refractivity (Wildman–Crippen MR) is 125 cm³/mol. The first-order valence-electron chi connectivity index (χ1n) is 9.94. The summed E-state index contributed by atoms with van der Waals surface area (Å²) in [6.07, 6.45) is 2.08. The van der Waals surface area contributed by atoms with Crippen molar-refractivity contribution in [3.8, 4) is 0 Å². The summed E-state index contributed by atoms with van der Waals surface area (Å²) in [6, 6.07) is 9.43. The number of nitrogens with one attached hydrogen (secondary N) is 2. The molecule has 10 heteroatoms. The average Bonchev–Trinajstić information content (AvgIpc) is 3.44. The number of carbonyl (C=O) groups excluding carboxylic acids is 1. The van der Waals surface area contributed by atoms with E-state index in [0.29, 0.717) is 23.3 Å². The number of thiazole rings is 1. The third-order valence-corrected chi connectivity index (χ3v) is 6.94. The van der Waals surface area contributed by atoms with E-state index in [2.05, 4.69) is 20.5 Å². The summed E-state index contributed by atoms with van der Waals surface area (Å²) in [4.78, 5) is 30.9. The molecule has 0 radical (unpaired) electrons. The third kappa shape index (κ3) is 4.87. The molecular formula is C21H23N5O3S2. The summed E-state index contributed by atoms with van der Waals surface area (Å²) in [6.45, 7) is 2.53. The first kappa shape index (κ1) is 21.3. The molecule has 2 aromatic heterocycles. The molecule has 0 spiro atoms. The second-order valence-corrected chi connectivity index (χ2v) is 9.04. The molecular weight excluding hydrogens is 434 g/mol. The molecule has 0 saturated carbocycles. The predicted octanol–water partition coefficient (Wildman–Crippen LogP) is 4.07. The van der Waals surface area contributed by atoms with Gasteiger partial charge in [-0.15, -0.1) is 22.7 Å². The average molecular weight is 458 g/mol. The van der Waals surface area contributed by atoms with Crippen molar-refractivity contribution in [3.63, 3.8) is 0 Å². The summed E-state index contributed by atoms with van der Waals surface area (Å²) < 4.78 is 0. The lowest BCUT2D eigenvalue weighted by Gasteiger charge is -2.34. The van der Waals surface area contributed by atoms with Crippen LogP contribution in [0.1, 0.15) is 33.0 Å². The van der Waals surface area contributed by atoms with Crippen LogP contribution in [-0.2, 0) is 0 Å². The van der Waals surface area contributed by atoms with Crippen LogP contribution in [0.4, 0.5) is 22.2 Å². The molecule has 3 aromatic rings. The maximum absolute atomic E-state index is 12.8. The van der Waals surface area contributed by atoms with Crippen molar-refractivity contribution in [1.29, 1.82) is 0 Å². The number of hydrogen-bond acceptors (Lipinski definition) is 8. The van der Waals surface area contributed by atoms with E-state index in [-0.39, 0.29) is 16.5 Å². The Hall–Kier alpha value is -2.95. The minimum Gasteiger partial charge on any atom is -0.477 e. The zero-order valence-electron chi connectivity index (χ0n) is 16.7. The molecule has 1 aromatic carbocycles. The van der Waals surface area contributed by atoms with Gasteiger partial charge in [0.25, 0.3) is 5.91 Å². The molecule has 0 unspecified atom stereocenters. The number of nitrogens with two attached hydrogens (primary N) is 1. The number of amides is 1. The number of aromatic carboxylic acids is 1. The van der Waals surface area contributed by atoms with Crippen LogP contribution in [0.15, 0.2) is 41.1 Å². The molecule has 1 saturated heterocycles. The molecule has 5 N–H and O–H groups in total. The molecule has 4 rings (SSSR count). The lowest BCUT2D eigenvalue weighted by atomic mass is 9.96. The highest BCUT2D eigenvalue weighted by Gasteiger charge is 2.21. The molecule has 31 heavy (non-hydrogen) atoms. The van der Waals surface area contributed by atoms with Crippen LogP contribution in [0, 0.1) is 5.92 Å². The summed E-state index contributed by atoms with van der Waals surface area (Å²) in [5.41, 5.74) is 8.27. The van der Waals surface area contributed by atoms with Gasteiger partial charge in [-0.3, -0.25) is 4.79 Å². The smallest absolute Gasteiger partial charge is 0.348 e. The van der Waals surface area contributed by atoms with E-state index in [1.54, 1.807) is 16.8 Å². The Morgan fingerprint density at radius 2 is 1.94 bits per heavy atom. The van der Waals surface area contributed by atoms with Crippen molar-refractivity contribution in [2.24, 2.45) is 11.7 Å². The number of benzene rings is 1. The number of rotatable bonds is 7. The largest absolute Gasteiger partial charge is 0.477 e. The molecule has 1 aliphatic rings. The zero-order chi connectivity index (χ0) is 21.8. The Morgan fingerprint density at radius 1 is 1.16 bits per heavy atom. The Balaban J connectivity index is 1.45. The van der Waals surface area contributed by atoms with E-state index in [1.165, 1.54) is 11.3 Å². The quantitative estimate of drug-likeness (QED) is 0.422. The minimum absolute atomic E-state index is 0.202. The standard InChI is InChI=1S/C21H23N5O3S2/c22-11-13-5-8-26(9-6-13)17-4-2-1-3-14(17)23-19(27)16-12-31-21(25-16)24-15-7-10-30-18(15)20(28)29/h1-4,7,10,12-13H,5-6,8-9,11,22H2,(H,23,27)(H,24,25)(H,28,29). The number of aromatic nitrogens is 1. The molecule has 0 atom stereocenters. The Morgan fingerprint density at radius 3 is 2.68 bits per heavy atom. The fraction of sp³-hybridized carbons (Fsp3) is 0.286. The van der Waals surface area contributed by atoms with Crippen LogP contribution < -0.4 is 21.3 Å². The number of carboxylic acid groups (broad SMARTS) is 1. The van der Waals surface area contributed by atoms with Gasteiger partial charge in [0.05, 0.1) is 17.1 Å². The highest BCUT2D eigenvalue weighted by molar-refractivity contribution is 7.14. The van der Waals surface area contributed by atoms with Crippen LogP contribution in [0.2, 0.25) is 0 Å². The lowest BCUT2D eigenvalue weighted by molar-refractivity contribution is 0.0703. The van der Waals surface area contributed by atoms with Crippen molar-refractivity contribution in [1.82, 2.24) is 4.98 Å². The lowest BCUT2D eigenvalue weighted by Crippen LogP contribution is -2.36. The van der Waals surface area contributed by atoms with Gasteiger partial charge in [-0.1, -0.05) is 12.1 Å². The number of anilines is 4. The number of carboxylic acids is 1. The van der Waals surface area contributed by atoms with E-state index < -0.39 is 5.97 Å². The molecule has 162 valence electrons. The summed E-state index contributed by atoms with van der Waals surface area (Å²) >= 11 is 2.38. The zero-order valence-corrected chi connectivity index (χ0v) is 18.3. The van der Waals surface area contributed by atoms with E-state index in [1.807, 2.05) is 24.3 Å². The number of piperidine rings is 1. The Bertz CT molecular complexity index is 1070. The number of hydrogen-bond donors (Lipinski definition) is 4. The van der Waals surface area contributed by atoms with Crippen LogP contribution in [0.5, 0.6) is 0 Å². The molecule has 1 aliphatic heterocycles. The van der Waals surface area contributed by atoms with E-state index in [4.69, 9.17) is 5.73 Å². The van der Waals surface area contributed by atoms with Gasteiger partial charge in [0.2, 0.25) is 0 Å². The topological polar surface area (TPSA) is 121 Å². The summed E-state index contributed by atoms with van der Waals surface area (Å²) in [7, 11) is 0. The monoisotopic (exact) mass is 457 g/mol. The van der Waals surface area contributed by atoms with Crippen molar-refractivity contribution in [2.75, 3.05) is 35.2 Å². The molecule has 0 aliphatic carbocycles. The van der Waals surface area contributed by atoms with Gasteiger partial charge >= 0.3 is 5.97 Å². The van der Waals surface area contributed by atoms with Crippen molar-refractivity contribution >= 4 is 56.7 Å². The number of carbonyl (C=O) groups is 2. The second-order valence-electron chi connectivity index (χ2n) is 7.27. The molecule has 3 heterocycles. The summed E-state index contributed by atoms with van der Waals surface area (Å²) in [5, 5.41) is 19.0. The van der Waals surface area contributed by atoms with Gasteiger partial charge in [-0.2, -0.15) is 0 Å². The fourth-order valence-corrected chi connectivity index (χ4v) is 4.96. The van der Waals surface area contributed by atoms with E-state index >= 15 is 0 Å². The van der Waals surface area contributed by atoms with Crippen molar-refractivity contribution in [3.05, 3.63) is 51.7 Å². The Kier molecular flexibility index (Phi) is 6.50. The van der Waals surface area contributed by atoms with Crippen molar-refractivity contribution < 1.29 is 14.7 Å². The van der Waals surface area contributed by atoms with Crippen LogP contribution in [0.25, 0.3) is 0 Å². The molecule has 8 nitrogen and oxygen atoms in total.